The van der Waals surface area contributed by atoms with Gasteiger partial charge in [-0.05, 0) is 25.5 Å². The highest BCUT2D eigenvalue weighted by Gasteiger charge is 2.18. The smallest absolute Gasteiger partial charge is 0.340 e. The molecule has 26 heavy (non-hydrogen) atoms. The lowest BCUT2D eigenvalue weighted by Crippen LogP contribution is -2.20. The summed E-state index contributed by atoms with van der Waals surface area (Å²) in [6.45, 7) is 3.68. The Labute approximate surface area is 153 Å². The normalized spacial score (nSPS) is 10.8. The summed E-state index contributed by atoms with van der Waals surface area (Å²) in [5, 5.41) is 3.89. The fraction of sp³-hybridized carbons (Fsp3) is 0.278. The van der Waals surface area contributed by atoms with Gasteiger partial charge >= 0.3 is 5.63 Å². The Balaban J connectivity index is 1.97. The molecule has 7 nitrogen and oxygen atoms in total. The van der Waals surface area contributed by atoms with Crippen LogP contribution in [-0.2, 0) is 11.2 Å². The number of nitrogens with zero attached hydrogens (tertiary/aromatic N) is 1. The van der Waals surface area contributed by atoms with E-state index in [0.29, 0.717) is 38.7 Å². The van der Waals surface area contributed by atoms with E-state index in [4.69, 9.17) is 13.9 Å². The molecule has 0 atom stereocenters. The quantitative estimate of drug-likeness (QED) is 0.690. The molecule has 8 heteroatoms. The number of benzene rings is 1. The molecule has 3 aromatic rings. The van der Waals surface area contributed by atoms with Crippen LogP contribution < -0.4 is 20.4 Å². The van der Waals surface area contributed by atoms with E-state index >= 15 is 0 Å². The van der Waals surface area contributed by atoms with E-state index in [-0.39, 0.29) is 12.3 Å². The van der Waals surface area contributed by atoms with Crippen LogP contribution >= 0.6 is 11.3 Å². The van der Waals surface area contributed by atoms with Crippen LogP contribution in [0, 0.1) is 13.8 Å². The van der Waals surface area contributed by atoms with Gasteiger partial charge in [0, 0.05) is 22.5 Å². The molecule has 1 N–H and O–H groups in total. The lowest BCUT2D eigenvalue weighted by molar-refractivity contribution is -0.115. The summed E-state index contributed by atoms with van der Waals surface area (Å²) in [6, 6.07) is 3.34. The van der Waals surface area contributed by atoms with Crippen molar-refractivity contribution in [1.82, 2.24) is 4.98 Å². The average Bonchev–Trinajstić information content (AvgIpc) is 3.02. The number of methoxy groups -OCH3 is 2. The predicted molar refractivity (Wildman–Crippen MR) is 99.5 cm³/mol. The van der Waals surface area contributed by atoms with Crippen molar-refractivity contribution in [2.75, 3.05) is 19.5 Å². The fourth-order valence-electron chi connectivity index (χ4n) is 2.66. The standard InChI is InChI=1S/C18H18N2O5S/c1-9-8-19-18(26-9)20-16(21)6-12-10(2)11-5-14(23-3)15(24-4)7-13(11)25-17(12)22/h5,7-8H,6H2,1-4H3,(H,19,20,21). The van der Waals surface area contributed by atoms with Gasteiger partial charge in [0.25, 0.3) is 0 Å². The minimum Gasteiger partial charge on any atom is -0.493 e. The molecule has 2 heterocycles. The van der Waals surface area contributed by atoms with Crippen molar-refractivity contribution < 1.29 is 18.7 Å². The number of amides is 1. The Kier molecular flexibility index (Phi) is 4.94. The van der Waals surface area contributed by atoms with E-state index in [9.17, 15) is 9.59 Å². The number of nitrogens with one attached hydrogen (secondary N) is 1. The monoisotopic (exact) mass is 374 g/mol. The molecular formula is C18H18N2O5S. The highest BCUT2D eigenvalue weighted by molar-refractivity contribution is 7.15. The molecule has 0 aliphatic heterocycles. The van der Waals surface area contributed by atoms with Crippen molar-refractivity contribution >= 4 is 33.3 Å². The highest BCUT2D eigenvalue weighted by Crippen LogP contribution is 2.33. The number of aryl methyl sites for hydroxylation is 2. The number of hydrogen-bond donors (Lipinski definition) is 1. The molecule has 0 saturated heterocycles. The van der Waals surface area contributed by atoms with E-state index in [1.54, 1.807) is 25.3 Å². The molecular weight excluding hydrogens is 356 g/mol. The van der Waals surface area contributed by atoms with Crippen molar-refractivity contribution in [3.63, 3.8) is 0 Å². The van der Waals surface area contributed by atoms with E-state index in [0.717, 1.165) is 4.88 Å². The van der Waals surface area contributed by atoms with Gasteiger partial charge in [0.15, 0.2) is 16.6 Å². The van der Waals surface area contributed by atoms with Crippen molar-refractivity contribution in [2.24, 2.45) is 0 Å². The molecule has 0 spiro atoms. The molecule has 2 aromatic heterocycles. The SMILES string of the molecule is COc1cc2oc(=O)c(CC(=O)Nc3ncc(C)s3)c(C)c2cc1OC. The summed E-state index contributed by atoms with van der Waals surface area (Å²) in [5.41, 5.74) is 0.802. The zero-order valence-corrected chi connectivity index (χ0v) is 15.7. The van der Waals surface area contributed by atoms with Crippen LogP contribution in [0.3, 0.4) is 0 Å². The summed E-state index contributed by atoms with van der Waals surface area (Å²) >= 11 is 1.37. The predicted octanol–water partition coefficient (Wildman–Crippen LogP) is 3.06. The topological polar surface area (TPSA) is 90.7 Å². The third-order valence-electron chi connectivity index (χ3n) is 4.00. The summed E-state index contributed by atoms with van der Waals surface area (Å²) in [7, 11) is 3.04. The van der Waals surface area contributed by atoms with Crippen molar-refractivity contribution in [3.8, 4) is 11.5 Å². The molecule has 3 rings (SSSR count). The number of rotatable bonds is 5. The fourth-order valence-corrected chi connectivity index (χ4v) is 3.34. The first kappa shape index (κ1) is 17.9. The first-order chi connectivity index (χ1) is 12.4. The molecule has 136 valence electrons. The molecule has 0 radical (unpaired) electrons. The molecule has 1 amide bonds. The maximum atomic E-state index is 12.4. The van der Waals surface area contributed by atoms with Gasteiger partial charge in [-0.25, -0.2) is 9.78 Å². The summed E-state index contributed by atoms with van der Waals surface area (Å²) in [4.78, 5) is 29.7. The second kappa shape index (κ2) is 7.17. The van der Waals surface area contributed by atoms with Gasteiger partial charge < -0.3 is 19.2 Å². The largest absolute Gasteiger partial charge is 0.493 e. The lowest BCUT2D eigenvalue weighted by Gasteiger charge is -2.11. The molecule has 1 aromatic carbocycles. The van der Waals surface area contributed by atoms with E-state index in [1.165, 1.54) is 25.6 Å². The van der Waals surface area contributed by atoms with Crippen LogP contribution in [0.15, 0.2) is 27.5 Å². The van der Waals surface area contributed by atoms with Gasteiger partial charge in [0.2, 0.25) is 5.91 Å². The maximum absolute atomic E-state index is 12.4. The molecule has 0 saturated carbocycles. The zero-order valence-electron chi connectivity index (χ0n) is 14.8. The Morgan fingerprint density at radius 3 is 2.54 bits per heavy atom. The maximum Gasteiger partial charge on any atom is 0.340 e. The van der Waals surface area contributed by atoms with Gasteiger partial charge in [-0.15, -0.1) is 11.3 Å². The van der Waals surface area contributed by atoms with E-state index in [1.807, 2.05) is 6.92 Å². The molecule has 0 bridgehead atoms. The first-order valence-corrected chi connectivity index (χ1v) is 8.65. The Morgan fingerprint density at radius 1 is 1.23 bits per heavy atom. The van der Waals surface area contributed by atoms with Crippen LogP contribution in [-0.4, -0.2) is 25.1 Å². The van der Waals surface area contributed by atoms with Gasteiger partial charge in [-0.2, -0.15) is 0 Å². The number of carbonyl (C=O) groups excluding carboxylic acids is 1. The molecule has 0 fully saturated rings. The number of ether oxygens (including phenoxy) is 2. The summed E-state index contributed by atoms with van der Waals surface area (Å²) in [6.07, 6.45) is 1.58. The average molecular weight is 374 g/mol. The molecule has 0 aliphatic rings. The second-order valence-electron chi connectivity index (χ2n) is 5.70. The number of thiazole rings is 1. The minimum absolute atomic E-state index is 0.100. The van der Waals surface area contributed by atoms with Crippen molar-refractivity contribution in [1.29, 1.82) is 0 Å². The number of hydrogen-bond acceptors (Lipinski definition) is 7. The minimum atomic E-state index is -0.548. The Hall–Kier alpha value is -2.87. The van der Waals surface area contributed by atoms with Gasteiger partial charge in [-0.3, -0.25) is 4.79 Å². The summed E-state index contributed by atoms with van der Waals surface area (Å²) < 4.78 is 15.9. The Morgan fingerprint density at radius 2 is 1.92 bits per heavy atom. The lowest BCUT2D eigenvalue weighted by atomic mass is 10.0. The first-order valence-electron chi connectivity index (χ1n) is 7.83. The van der Waals surface area contributed by atoms with Crippen LogP contribution in [0.2, 0.25) is 0 Å². The third kappa shape index (κ3) is 3.41. The zero-order chi connectivity index (χ0) is 18.8. The molecule has 0 aliphatic carbocycles. The van der Waals surface area contributed by atoms with Crippen LogP contribution in [0.25, 0.3) is 11.0 Å². The number of carbonyl (C=O) groups is 1. The van der Waals surface area contributed by atoms with Crippen molar-refractivity contribution in [2.45, 2.75) is 20.3 Å². The van der Waals surface area contributed by atoms with Gasteiger partial charge in [0.1, 0.15) is 5.58 Å². The van der Waals surface area contributed by atoms with Gasteiger partial charge in [0.05, 0.1) is 26.2 Å². The Bertz CT molecular complexity index is 1040. The number of anilines is 1. The van der Waals surface area contributed by atoms with Crippen molar-refractivity contribution in [3.05, 3.63) is 44.8 Å². The van der Waals surface area contributed by atoms with Crippen LogP contribution in [0.1, 0.15) is 16.0 Å². The van der Waals surface area contributed by atoms with Gasteiger partial charge in [-0.1, -0.05) is 0 Å². The van der Waals surface area contributed by atoms with Crippen LogP contribution in [0.5, 0.6) is 11.5 Å². The summed E-state index contributed by atoms with van der Waals surface area (Å²) in [5.74, 6) is 0.660. The number of fused-ring (bicyclic) bond motifs is 1. The second-order valence-corrected chi connectivity index (χ2v) is 6.93. The molecule has 0 unspecified atom stereocenters. The van der Waals surface area contributed by atoms with E-state index < -0.39 is 5.63 Å². The highest BCUT2D eigenvalue weighted by atomic mass is 32.1. The number of aromatic nitrogens is 1. The van der Waals surface area contributed by atoms with Crippen LogP contribution in [0.4, 0.5) is 5.13 Å². The third-order valence-corrected chi connectivity index (χ3v) is 4.82. The van der Waals surface area contributed by atoms with E-state index in [2.05, 4.69) is 10.3 Å².